The molecule has 1 fully saturated rings. The summed E-state index contributed by atoms with van der Waals surface area (Å²) in [6, 6.07) is 6.10. The van der Waals surface area contributed by atoms with Gasteiger partial charge in [0.15, 0.2) is 11.6 Å². The number of halogens is 2. The molecule has 3 aromatic heterocycles. The standard InChI is InChI=1S/C19H21F2N5O/c1-11(2)27-12-5-6-26-17(10-23-18(26)7-12)15-4-3-13(20)19(24-15)25-16-9-22-8-14(16)21/h3-7,10-11,14,16,22H,8-9H2,1-2H3,(H,24,25). The van der Waals surface area contributed by atoms with Crippen molar-refractivity contribution in [3.05, 3.63) is 42.5 Å². The van der Waals surface area contributed by atoms with Crippen molar-refractivity contribution >= 4 is 11.5 Å². The summed E-state index contributed by atoms with van der Waals surface area (Å²) in [5.41, 5.74) is 1.96. The molecule has 8 heteroatoms. The average Bonchev–Trinajstić information content (AvgIpc) is 3.22. The Kier molecular flexibility index (Phi) is 4.65. The van der Waals surface area contributed by atoms with Gasteiger partial charge in [-0.3, -0.25) is 4.40 Å². The fraction of sp³-hybridized carbons (Fsp3) is 0.368. The minimum Gasteiger partial charge on any atom is -0.491 e. The van der Waals surface area contributed by atoms with Crippen LogP contribution in [0.25, 0.3) is 17.0 Å². The molecule has 2 atom stereocenters. The van der Waals surface area contributed by atoms with E-state index in [0.717, 1.165) is 5.75 Å². The lowest BCUT2D eigenvalue weighted by atomic mass is 10.2. The summed E-state index contributed by atoms with van der Waals surface area (Å²) in [6.45, 7) is 4.60. The second kappa shape index (κ2) is 7.11. The first-order valence-electron chi connectivity index (χ1n) is 8.93. The van der Waals surface area contributed by atoms with E-state index in [9.17, 15) is 8.78 Å². The fourth-order valence-electron chi connectivity index (χ4n) is 3.15. The second-order valence-electron chi connectivity index (χ2n) is 6.85. The van der Waals surface area contributed by atoms with E-state index in [1.54, 1.807) is 12.3 Å². The highest BCUT2D eigenvalue weighted by Gasteiger charge is 2.27. The molecule has 1 aliphatic rings. The third-order valence-electron chi connectivity index (χ3n) is 4.43. The van der Waals surface area contributed by atoms with Gasteiger partial charge in [-0.15, -0.1) is 0 Å². The molecule has 4 heterocycles. The SMILES string of the molecule is CC(C)Oc1ccn2c(-c3ccc(F)c(NC4CNCC4F)n3)cnc2c1. The summed E-state index contributed by atoms with van der Waals surface area (Å²) in [5, 5.41) is 5.80. The van der Waals surface area contributed by atoms with Gasteiger partial charge in [0.05, 0.1) is 29.7 Å². The summed E-state index contributed by atoms with van der Waals surface area (Å²) >= 11 is 0. The van der Waals surface area contributed by atoms with E-state index in [4.69, 9.17) is 4.74 Å². The van der Waals surface area contributed by atoms with Gasteiger partial charge in [-0.2, -0.15) is 0 Å². The Hall–Kier alpha value is -2.74. The molecule has 142 valence electrons. The van der Waals surface area contributed by atoms with Gasteiger partial charge >= 0.3 is 0 Å². The predicted octanol–water partition coefficient (Wildman–Crippen LogP) is 3.04. The van der Waals surface area contributed by atoms with Gasteiger partial charge in [-0.25, -0.2) is 18.7 Å². The van der Waals surface area contributed by atoms with Crippen molar-refractivity contribution in [1.82, 2.24) is 19.7 Å². The summed E-state index contributed by atoms with van der Waals surface area (Å²) in [7, 11) is 0. The monoisotopic (exact) mass is 373 g/mol. The number of ether oxygens (including phenoxy) is 1. The molecule has 0 amide bonds. The van der Waals surface area contributed by atoms with Gasteiger partial charge in [-0.05, 0) is 32.0 Å². The number of hydrogen-bond donors (Lipinski definition) is 2. The van der Waals surface area contributed by atoms with Crippen LogP contribution in [-0.4, -0.2) is 45.8 Å². The van der Waals surface area contributed by atoms with Crippen LogP contribution in [0.3, 0.4) is 0 Å². The zero-order valence-electron chi connectivity index (χ0n) is 15.1. The molecule has 0 aromatic carbocycles. The van der Waals surface area contributed by atoms with Crippen LogP contribution in [0.4, 0.5) is 14.6 Å². The molecule has 6 nitrogen and oxygen atoms in total. The predicted molar refractivity (Wildman–Crippen MR) is 99.3 cm³/mol. The molecule has 4 rings (SSSR count). The summed E-state index contributed by atoms with van der Waals surface area (Å²) in [5.74, 6) is 0.254. The molecule has 0 radical (unpaired) electrons. The van der Waals surface area contributed by atoms with E-state index in [0.29, 0.717) is 23.6 Å². The Morgan fingerprint density at radius 2 is 2.15 bits per heavy atom. The lowest BCUT2D eigenvalue weighted by molar-refractivity contribution is 0.242. The van der Waals surface area contributed by atoms with Gasteiger partial charge < -0.3 is 15.4 Å². The third-order valence-corrected chi connectivity index (χ3v) is 4.43. The van der Waals surface area contributed by atoms with Crippen LogP contribution in [0, 0.1) is 5.82 Å². The van der Waals surface area contributed by atoms with E-state index < -0.39 is 18.0 Å². The third kappa shape index (κ3) is 3.57. The van der Waals surface area contributed by atoms with Crippen LogP contribution in [0.2, 0.25) is 0 Å². The largest absolute Gasteiger partial charge is 0.491 e. The fourth-order valence-corrected chi connectivity index (χ4v) is 3.15. The number of imidazole rings is 1. The summed E-state index contributed by atoms with van der Waals surface area (Å²) in [6.07, 6.45) is 2.50. The van der Waals surface area contributed by atoms with E-state index in [2.05, 4.69) is 20.6 Å². The highest BCUT2D eigenvalue weighted by atomic mass is 19.1. The van der Waals surface area contributed by atoms with Crippen molar-refractivity contribution in [2.45, 2.75) is 32.2 Å². The number of fused-ring (bicyclic) bond motifs is 1. The normalized spacial score (nSPS) is 19.7. The lowest BCUT2D eigenvalue weighted by Crippen LogP contribution is -2.30. The Balaban J connectivity index is 1.66. The van der Waals surface area contributed by atoms with Crippen molar-refractivity contribution in [1.29, 1.82) is 0 Å². The minimum absolute atomic E-state index is 0.0403. The number of nitrogens with one attached hydrogen (secondary N) is 2. The molecular weight excluding hydrogens is 352 g/mol. The number of rotatable bonds is 5. The molecule has 0 bridgehead atoms. The molecule has 0 aliphatic carbocycles. The lowest BCUT2D eigenvalue weighted by Gasteiger charge is -2.16. The van der Waals surface area contributed by atoms with Crippen molar-refractivity contribution in [2.75, 3.05) is 18.4 Å². The van der Waals surface area contributed by atoms with Crippen LogP contribution >= 0.6 is 0 Å². The maximum absolute atomic E-state index is 14.2. The van der Waals surface area contributed by atoms with E-state index in [-0.39, 0.29) is 18.5 Å². The van der Waals surface area contributed by atoms with Gasteiger partial charge in [0.1, 0.15) is 17.6 Å². The van der Waals surface area contributed by atoms with Crippen molar-refractivity contribution in [3.63, 3.8) is 0 Å². The first-order chi connectivity index (χ1) is 13.0. The molecule has 1 saturated heterocycles. The van der Waals surface area contributed by atoms with Crippen LogP contribution in [0.1, 0.15) is 13.8 Å². The molecule has 2 unspecified atom stereocenters. The Morgan fingerprint density at radius 1 is 1.30 bits per heavy atom. The van der Waals surface area contributed by atoms with E-state index >= 15 is 0 Å². The Morgan fingerprint density at radius 3 is 2.89 bits per heavy atom. The highest BCUT2D eigenvalue weighted by Crippen LogP contribution is 2.25. The maximum atomic E-state index is 14.2. The van der Waals surface area contributed by atoms with Crippen molar-refractivity contribution < 1.29 is 13.5 Å². The van der Waals surface area contributed by atoms with E-state index in [1.807, 2.05) is 36.6 Å². The van der Waals surface area contributed by atoms with E-state index in [1.165, 1.54) is 6.07 Å². The van der Waals surface area contributed by atoms with Crippen LogP contribution in [-0.2, 0) is 0 Å². The topological polar surface area (TPSA) is 63.5 Å². The van der Waals surface area contributed by atoms with Gasteiger partial charge in [-0.1, -0.05) is 0 Å². The zero-order chi connectivity index (χ0) is 19.0. The number of nitrogens with zero attached hydrogens (tertiary/aromatic N) is 3. The molecule has 1 aliphatic heterocycles. The number of hydrogen-bond acceptors (Lipinski definition) is 5. The summed E-state index contributed by atoms with van der Waals surface area (Å²) < 4.78 is 35.5. The smallest absolute Gasteiger partial charge is 0.165 e. The first kappa shape index (κ1) is 17.7. The molecule has 27 heavy (non-hydrogen) atoms. The zero-order valence-corrected chi connectivity index (χ0v) is 15.1. The minimum atomic E-state index is -1.08. The second-order valence-corrected chi connectivity index (χ2v) is 6.85. The van der Waals surface area contributed by atoms with Crippen molar-refractivity contribution in [2.24, 2.45) is 0 Å². The van der Waals surface area contributed by atoms with Crippen molar-refractivity contribution in [3.8, 4) is 17.1 Å². The Labute approximate surface area is 155 Å². The first-order valence-corrected chi connectivity index (χ1v) is 8.93. The molecule has 0 spiro atoms. The number of aromatic nitrogens is 3. The van der Waals surface area contributed by atoms with Gasteiger partial charge in [0.25, 0.3) is 0 Å². The quantitative estimate of drug-likeness (QED) is 0.720. The molecule has 2 N–H and O–H groups in total. The average molecular weight is 373 g/mol. The molecular formula is C19H21F2N5O. The molecule has 3 aromatic rings. The van der Waals surface area contributed by atoms with Crippen LogP contribution in [0.15, 0.2) is 36.7 Å². The Bertz CT molecular complexity index is 958. The van der Waals surface area contributed by atoms with Crippen LogP contribution in [0.5, 0.6) is 5.75 Å². The van der Waals surface area contributed by atoms with Crippen LogP contribution < -0.4 is 15.4 Å². The maximum Gasteiger partial charge on any atom is 0.165 e. The number of alkyl halides is 1. The summed E-state index contributed by atoms with van der Waals surface area (Å²) in [4.78, 5) is 8.75. The number of pyridine rings is 2. The highest BCUT2D eigenvalue weighted by molar-refractivity contribution is 5.63. The molecule has 0 saturated carbocycles. The number of anilines is 1. The van der Waals surface area contributed by atoms with Gasteiger partial charge in [0, 0.05) is 25.4 Å². The van der Waals surface area contributed by atoms with Gasteiger partial charge in [0.2, 0.25) is 0 Å².